The molecule has 2 rings (SSSR count). The molecule has 2 N–H and O–H groups in total. The Hall–Kier alpha value is -3.61. The molecule has 2 atom stereocenters. The van der Waals surface area contributed by atoms with Crippen molar-refractivity contribution in [1.82, 2.24) is 10.2 Å². The number of para-hydroxylation sites is 1. The lowest BCUT2D eigenvalue weighted by atomic mass is 9.98. The van der Waals surface area contributed by atoms with E-state index in [9.17, 15) is 14.4 Å². The van der Waals surface area contributed by atoms with E-state index < -0.39 is 29.7 Å². The van der Waals surface area contributed by atoms with Crippen LogP contribution in [0.25, 0.3) is 0 Å². The van der Waals surface area contributed by atoms with Crippen LogP contribution in [-0.2, 0) is 14.3 Å². The van der Waals surface area contributed by atoms with Gasteiger partial charge >= 0.3 is 6.09 Å². The summed E-state index contributed by atoms with van der Waals surface area (Å²) in [5.74, 6) is -1.02. The van der Waals surface area contributed by atoms with Crippen molar-refractivity contribution < 1.29 is 19.1 Å². The van der Waals surface area contributed by atoms with Gasteiger partial charge in [0.05, 0.1) is 0 Å². The Morgan fingerprint density at radius 1 is 1.03 bits per heavy atom. The topological polar surface area (TPSA) is 87.7 Å². The number of amides is 3. The van der Waals surface area contributed by atoms with Gasteiger partial charge in [0.15, 0.2) is 0 Å². The minimum absolute atomic E-state index is 0.110. The first-order chi connectivity index (χ1) is 16.4. The quantitative estimate of drug-likeness (QED) is 0.482. The summed E-state index contributed by atoms with van der Waals surface area (Å²) < 4.78 is 5.37. The molecule has 35 heavy (non-hydrogen) atoms. The Kier molecular flexibility index (Phi) is 9.63. The molecule has 0 radical (unpaired) electrons. The van der Waals surface area contributed by atoms with Crippen molar-refractivity contribution in [2.24, 2.45) is 5.92 Å². The highest BCUT2D eigenvalue weighted by molar-refractivity contribution is 5.99. The standard InChI is InChI=1S/C28H37N3O4/c1-8-18-31(26(33)23(19(2)3)30-27(34)35-28(5,6)7)24(21-15-10-9-11-16-21)25(32)29-22-17-13-12-14-20(22)4/h8-17,19,23-24H,1,18H2,2-7H3,(H,29,32)(H,30,34). The molecule has 0 saturated heterocycles. The normalized spacial score (nSPS) is 12.9. The van der Waals surface area contributed by atoms with Gasteiger partial charge in [-0.15, -0.1) is 6.58 Å². The number of anilines is 1. The lowest BCUT2D eigenvalue weighted by Crippen LogP contribution is -2.54. The fraction of sp³-hybridized carbons (Fsp3) is 0.393. The molecule has 0 saturated carbocycles. The van der Waals surface area contributed by atoms with E-state index in [0.717, 1.165) is 5.56 Å². The number of nitrogens with one attached hydrogen (secondary N) is 2. The van der Waals surface area contributed by atoms with Gasteiger partial charge in [-0.25, -0.2) is 4.79 Å². The number of alkyl carbamates (subject to hydrolysis) is 1. The largest absolute Gasteiger partial charge is 0.444 e. The van der Waals surface area contributed by atoms with E-state index in [2.05, 4.69) is 17.2 Å². The lowest BCUT2D eigenvalue weighted by molar-refractivity contribution is -0.141. The van der Waals surface area contributed by atoms with E-state index >= 15 is 0 Å². The summed E-state index contributed by atoms with van der Waals surface area (Å²) in [6.45, 7) is 14.7. The third-order valence-corrected chi connectivity index (χ3v) is 5.29. The van der Waals surface area contributed by atoms with Crippen LogP contribution < -0.4 is 10.6 Å². The molecule has 0 bridgehead atoms. The molecule has 2 aromatic rings. The van der Waals surface area contributed by atoms with Crippen LogP contribution in [0.2, 0.25) is 0 Å². The van der Waals surface area contributed by atoms with E-state index in [1.165, 1.54) is 4.90 Å². The molecule has 3 amide bonds. The van der Waals surface area contributed by atoms with E-state index in [1.54, 1.807) is 39.0 Å². The minimum atomic E-state index is -0.942. The number of ether oxygens (including phenoxy) is 1. The molecule has 0 fully saturated rings. The van der Waals surface area contributed by atoms with Crippen LogP contribution in [0.4, 0.5) is 10.5 Å². The second-order valence-corrected chi connectivity index (χ2v) is 9.76. The van der Waals surface area contributed by atoms with Crippen molar-refractivity contribution in [3.8, 4) is 0 Å². The summed E-state index contributed by atoms with van der Waals surface area (Å²) in [5, 5.41) is 5.66. The lowest BCUT2D eigenvalue weighted by Gasteiger charge is -2.35. The molecule has 2 unspecified atom stereocenters. The van der Waals surface area contributed by atoms with E-state index in [-0.39, 0.29) is 18.4 Å². The van der Waals surface area contributed by atoms with Gasteiger partial charge in [0, 0.05) is 12.2 Å². The maximum absolute atomic E-state index is 13.8. The average Bonchev–Trinajstić information content (AvgIpc) is 2.77. The van der Waals surface area contributed by atoms with Gasteiger partial charge < -0.3 is 20.3 Å². The number of benzene rings is 2. The van der Waals surface area contributed by atoms with Crippen LogP contribution in [0, 0.1) is 12.8 Å². The summed E-state index contributed by atoms with van der Waals surface area (Å²) in [4.78, 5) is 41.4. The van der Waals surface area contributed by atoms with E-state index in [0.29, 0.717) is 11.3 Å². The van der Waals surface area contributed by atoms with Crippen molar-refractivity contribution in [2.45, 2.75) is 59.2 Å². The number of hydrogen-bond acceptors (Lipinski definition) is 4. The second kappa shape index (κ2) is 12.2. The smallest absolute Gasteiger partial charge is 0.408 e. The first-order valence-electron chi connectivity index (χ1n) is 11.8. The van der Waals surface area contributed by atoms with Gasteiger partial charge in [0.25, 0.3) is 5.91 Å². The predicted molar refractivity (Wildman–Crippen MR) is 139 cm³/mol. The number of carbonyl (C=O) groups excluding carboxylic acids is 3. The fourth-order valence-electron chi connectivity index (χ4n) is 3.61. The zero-order valence-corrected chi connectivity index (χ0v) is 21.5. The van der Waals surface area contributed by atoms with Crippen LogP contribution in [-0.4, -0.2) is 41.0 Å². The molecule has 7 heteroatoms. The van der Waals surface area contributed by atoms with Crippen LogP contribution in [0.15, 0.2) is 67.3 Å². The van der Waals surface area contributed by atoms with Gasteiger partial charge in [0.1, 0.15) is 17.7 Å². The third-order valence-electron chi connectivity index (χ3n) is 5.29. The maximum Gasteiger partial charge on any atom is 0.408 e. The van der Waals surface area contributed by atoms with Gasteiger partial charge in [-0.2, -0.15) is 0 Å². The molecule has 0 spiro atoms. The average molecular weight is 480 g/mol. The van der Waals surface area contributed by atoms with Crippen molar-refractivity contribution >= 4 is 23.6 Å². The zero-order chi connectivity index (χ0) is 26.2. The number of hydrogen-bond donors (Lipinski definition) is 2. The fourth-order valence-corrected chi connectivity index (χ4v) is 3.61. The van der Waals surface area contributed by atoms with Gasteiger partial charge in [-0.3, -0.25) is 9.59 Å². The Morgan fingerprint density at radius 2 is 1.63 bits per heavy atom. The Bertz CT molecular complexity index is 1030. The van der Waals surface area contributed by atoms with Crippen molar-refractivity contribution in [1.29, 1.82) is 0 Å². The maximum atomic E-state index is 13.8. The number of carbonyl (C=O) groups is 3. The Morgan fingerprint density at radius 3 is 2.17 bits per heavy atom. The Balaban J connectivity index is 2.45. The minimum Gasteiger partial charge on any atom is -0.444 e. The first kappa shape index (κ1) is 27.6. The molecule has 0 aromatic heterocycles. The molecule has 7 nitrogen and oxygen atoms in total. The summed E-state index contributed by atoms with van der Waals surface area (Å²) in [7, 11) is 0. The second-order valence-electron chi connectivity index (χ2n) is 9.76. The molecule has 2 aromatic carbocycles. The molecule has 0 aliphatic heterocycles. The molecule has 0 heterocycles. The highest BCUT2D eigenvalue weighted by Crippen LogP contribution is 2.26. The van der Waals surface area contributed by atoms with Crippen LogP contribution in [0.5, 0.6) is 0 Å². The zero-order valence-electron chi connectivity index (χ0n) is 21.5. The third kappa shape index (κ3) is 7.98. The van der Waals surface area contributed by atoms with Gasteiger partial charge in [-0.05, 0) is 50.8 Å². The highest BCUT2D eigenvalue weighted by Gasteiger charge is 2.37. The molecular formula is C28H37N3O4. The SMILES string of the molecule is C=CCN(C(=O)C(NC(=O)OC(C)(C)C)C(C)C)C(C(=O)Nc1ccccc1C)c1ccccc1. The predicted octanol–water partition coefficient (Wildman–Crippen LogP) is 5.24. The van der Waals surface area contributed by atoms with Gasteiger partial charge in [0.2, 0.25) is 5.91 Å². The summed E-state index contributed by atoms with van der Waals surface area (Å²) >= 11 is 0. The van der Waals surface area contributed by atoms with E-state index in [1.807, 2.05) is 63.2 Å². The van der Waals surface area contributed by atoms with Crippen molar-refractivity contribution in [3.05, 3.63) is 78.4 Å². The van der Waals surface area contributed by atoms with E-state index in [4.69, 9.17) is 4.74 Å². The van der Waals surface area contributed by atoms with Crippen molar-refractivity contribution in [2.75, 3.05) is 11.9 Å². The number of rotatable bonds is 9. The van der Waals surface area contributed by atoms with Crippen LogP contribution in [0.1, 0.15) is 51.8 Å². The number of nitrogens with zero attached hydrogens (tertiary/aromatic N) is 1. The molecule has 0 aliphatic rings. The summed E-state index contributed by atoms with van der Waals surface area (Å²) in [6, 6.07) is 14.7. The van der Waals surface area contributed by atoms with Crippen molar-refractivity contribution in [3.63, 3.8) is 0 Å². The van der Waals surface area contributed by atoms with Crippen LogP contribution in [0.3, 0.4) is 0 Å². The monoisotopic (exact) mass is 479 g/mol. The summed E-state index contributed by atoms with van der Waals surface area (Å²) in [6.07, 6.45) is 0.878. The van der Waals surface area contributed by atoms with Crippen LogP contribution >= 0.6 is 0 Å². The Labute approximate surface area is 208 Å². The highest BCUT2D eigenvalue weighted by atomic mass is 16.6. The number of aryl methyl sites for hydroxylation is 1. The molecular weight excluding hydrogens is 442 g/mol. The molecule has 188 valence electrons. The summed E-state index contributed by atoms with van der Waals surface area (Å²) in [5.41, 5.74) is 1.50. The molecule has 0 aliphatic carbocycles. The van der Waals surface area contributed by atoms with Gasteiger partial charge in [-0.1, -0.05) is 68.5 Å². The first-order valence-corrected chi connectivity index (χ1v) is 11.8.